The minimum atomic E-state index is -0.988. The summed E-state index contributed by atoms with van der Waals surface area (Å²) in [7, 11) is 0. The van der Waals surface area contributed by atoms with Crippen molar-refractivity contribution in [1.29, 1.82) is 0 Å². The Morgan fingerprint density at radius 1 is 1.05 bits per heavy atom. The second kappa shape index (κ2) is 11.5. The Bertz CT molecular complexity index is 1390. The summed E-state index contributed by atoms with van der Waals surface area (Å²) in [6, 6.07) is 8.84. The third-order valence-electron chi connectivity index (χ3n) is 8.65. The molecule has 11 nitrogen and oxygen atoms in total. The fraction of sp³-hybridized carbons (Fsp3) is 0.484. The Kier molecular flexibility index (Phi) is 7.66. The van der Waals surface area contributed by atoms with Gasteiger partial charge < -0.3 is 33.3 Å². The molecule has 3 aliphatic heterocycles. The first kappa shape index (κ1) is 27.9. The van der Waals surface area contributed by atoms with Gasteiger partial charge in [0.25, 0.3) is 5.91 Å². The maximum absolute atomic E-state index is 14.1. The summed E-state index contributed by atoms with van der Waals surface area (Å²) in [5, 5.41) is 0. The van der Waals surface area contributed by atoms with E-state index in [9.17, 15) is 19.2 Å². The molecule has 3 amide bonds. The molecule has 0 spiro atoms. The zero-order chi connectivity index (χ0) is 29.3. The minimum absolute atomic E-state index is 0.0168. The van der Waals surface area contributed by atoms with Crippen molar-refractivity contribution in [2.75, 3.05) is 39.6 Å². The molecule has 0 saturated carbocycles. The van der Waals surface area contributed by atoms with E-state index in [0.717, 1.165) is 18.4 Å². The number of piperidine rings is 1. The fourth-order valence-corrected chi connectivity index (χ4v) is 6.55. The van der Waals surface area contributed by atoms with Gasteiger partial charge in [0.05, 0.1) is 19.4 Å². The molecule has 2 atom stereocenters. The average Bonchev–Trinajstić information content (AvgIpc) is 3.72. The number of ether oxygens (including phenoxy) is 3. The average molecular weight is 578 g/mol. The second-order valence-electron chi connectivity index (χ2n) is 11.2. The van der Waals surface area contributed by atoms with E-state index in [0.29, 0.717) is 49.8 Å². The van der Waals surface area contributed by atoms with Gasteiger partial charge in [0.2, 0.25) is 18.6 Å². The molecule has 0 N–H and O–H groups in total. The van der Waals surface area contributed by atoms with E-state index in [2.05, 4.69) is 0 Å². The Hall–Kier alpha value is -4.28. The van der Waals surface area contributed by atoms with Crippen LogP contribution in [0.1, 0.15) is 55.1 Å². The van der Waals surface area contributed by atoms with Crippen molar-refractivity contribution in [3.63, 3.8) is 0 Å². The van der Waals surface area contributed by atoms with Gasteiger partial charge in [-0.2, -0.15) is 0 Å². The number of allylic oxidation sites excluding steroid dienone is 1. The lowest BCUT2D eigenvalue weighted by molar-refractivity contribution is -0.163. The minimum Gasteiger partial charge on any atom is -0.465 e. The number of rotatable bonds is 7. The highest BCUT2D eigenvalue weighted by atomic mass is 16.7. The number of amides is 3. The molecule has 1 aliphatic carbocycles. The highest BCUT2D eigenvalue weighted by molar-refractivity contribution is 5.93. The lowest BCUT2D eigenvalue weighted by atomic mass is 9.66. The van der Waals surface area contributed by atoms with Gasteiger partial charge >= 0.3 is 5.97 Å². The molecule has 0 bridgehead atoms. The van der Waals surface area contributed by atoms with Gasteiger partial charge in [-0.1, -0.05) is 12.1 Å². The smallest absolute Gasteiger partial charge is 0.318 e. The number of carbonyl (C=O) groups excluding carboxylic acids is 4. The quantitative estimate of drug-likeness (QED) is 0.460. The molecule has 222 valence electrons. The van der Waals surface area contributed by atoms with Crippen molar-refractivity contribution in [2.24, 2.45) is 11.3 Å². The third-order valence-corrected chi connectivity index (χ3v) is 8.65. The summed E-state index contributed by atoms with van der Waals surface area (Å²) < 4.78 is 21.8. The molecule has 0 unspecified atom stereocenters. The van der Waals surface area contributed by atoms with Crippen molar-refractivity contribution >= 4 is 23.7 Å². The number of nitrogens with zero attached hydrogens (tertiary/aromatic N) is 3. The van der Waals surface area contributed by atoms with Gasteiger partial charge in [-0.25, -0.2) is 0 Å². The first-order chi connectivity index (χ1) is 20.4. The lowest BCUT2D eigenvalue weighted by Crippen LogP contribution is -2.55. The van der Waals surface area contributed by atoms with E-state index in [1.807, 2.05) is 24.3 Å². The predicted octanol–water partition coefficient (Wildman–Crippen LogP) is 3.35. The van der Waals surface area contributed by atoms with Gasteiger partial charge in [-0.3, -0.25) is 19.2 Å². The molecule has 4 heterocycles. The van der Waals surface area contributed by atoms with Crippen LogP contribution >= 0.6 is 0 Å². The lowest BCUT2D eigenvalue weighted by Gasteiger charge is -2.48. The van der Waals surface area contributed by atoms with Gasteiger partial charge in [0, 0.05) is 44.2 Å². The van der Waals surface area contributed by atoms with Crippen LogP contribution in [0.3, 0.4) is 0 Å². The van der Waals surface area contributed by atoms with Gasteiger partial charge in [0.15, 0.2) is 17.3 Å². The molecule has 2 saturated heterocycles. The highest BCUT2D eigenvalue weighted by Gasteiger charge is 2.54. The maximum Gasteiger partial charge on any atom is 0.318 e. The summed E-state index contributed by atoms with van der Waals surface area (Å²) in [4.78, 5) is 58.9. The van der Waals surface area contributed by atoms with Crippen LogP contribution in [0.5, 0.6) is 11.5 Å². The monoisotopic (exact) mass is 577 g/mol. The largest absolute Gasteiger partial charge is 0.465 e. The van der Waals surface area contributed by atoms with Crippen molar-refractivity contribution in [2.45, 2.75) is 45.6 Å². The molecule has 4 aliphatic rings. The summed E-state index contributed by atoms with van der Waals surface area (Å²) in [6.07, 6.45) is 5.76. The predicted molar refractivity (Wildman–Crippen MR) is 148 cm³/mol. The molecule has 42 heavy (non-hydrogen) atoms. The highest BCUT2D eigenvalue weighted by Crippen LogP contribution is 2.50. The van der Waals surface area contributed by atoms with E-state index in [1.165, 1.54) is 6.26 Å². The number of likely N-dealkylation sites (tertiary alicyclic amines) is 1. The van der Waals surface area contributed by atoms with Crippen LogP contribution in [0, 0.1) is 11.3 Å². The number of esters is 1. The summed E-state index contributed by atoms with van der Waals surface area (Å²) in [6.45, 7) is 3.86. The van der Waals surface area contributed by atoms with Crippen LogP contribution in [0.25, 0.3) is 0 Å². The Balaban J connectivity index is 1.21. The third kappa shape index (κ3) is 5.12. The molecule has 1 aromatic carbocycles. The standard InChI is InChI=1S/C31H35N3O8/c1-2-39-30(38)31-10-4-3-7-26(31)34(19-21-8-9-23-25(16-21)42-20-41-23)28(36)22(18-31)17-27(35)32-11-13-33(14-12-32)29(37)24-6-5-15-40-24/h5-9,15-16,22H,2-4,10-14,17-20H2,1H3/t22-,31+/m1/s1. The van der Waals surface area contributed by atoms with Crippen molar-refractivity contribution in [1.82, 2.24) is 14.7 Å². The fourth-order valence-electron chi connectivity index (χ4n) is 6.55. The Labute approximate surface area is 243 Å². The van der Waals surface area contributed by atoms with E-state index < -0.39 is 11.3 Å². The summed E-state index contributed by atoms with van der Waals surface area (Å²) in [5.74, 6) is -0.0500. The Morgan fingerprint density at radius 3 is 2.60 bits per heavy atom. The molecule has 2 aromatic rings. The zero-order valence-corrected chi connectivity index (χ0v) is 23.7. The van der Waals surface area contributed by atoms with Crippen molar-refractivity contribution in [3.05, 3.63) is 59.7 Å². The van der Waals surface area contributed by atoms with Gasteiger partial charge in [-0.15, -0.1) is 0 Å². The topological polar surface area (TPSA) is 119 Å². The van der Waals surface area contributed by atoms with E-state index in [1.54, 1.807) is 33.8 Å². The SMILES string of the molecule is CCOC(=O)[C@]12CCCC=C1N(Cc1ccc3c(c1)OCO3)C(=O)[C@H](CC(=O)N1CCN(C(=O)c3ccco3)CC1)C2. The maximum atomic E-state index is 14.1. The van der Waals surface area contributed by atoms with Gasteiger partial charge in [-0.05, 0) is 62.4 Å². The molecule has 1 aromatic heterocycles. The molecule has 11 heteroatoms. The number of carbonyl (C=O) groups is 4. The normalized spacial score (nSPS) is 23.4. The van der Waals surface area contributed by atoms with E-state index in [-0.39, 0.29) is 62.2 Å². The van der Waals surface area contributed by atoms with E-state index in [4.69, 9.17) is 18.6 Å². The van der Waals surface area contributed by atoms with Crippen LogP contribution in [0.15, 0.2) is 52.8 Å². The number of fused-ring (bicyclic) bond motifs is 2. The van der Waals surface area contributed by atoms with Crippen LogP contribution in [-0.4, -0.2) is 78.0 Å². The number of benzene rings is 1. The van der Waals surface area contributed by atoms with Crippen molar-refractivity contribution < 1.29 is 37.8 Å². The first-order valence-electron chi connectivity index (χ1n) is 14.6. The zero-order valence-electron chi connectivity index (χ0n) is 23.7. The summed E-state index contributed by atoms with van der Waals surface area (Å²) >= 11 is 0. The first-order valence-corrected chi connectivity index (χ1v) is 14.6. The molecular formula is C31H35N3O8. The number of hydrogen-bond acceptors (Lipinski definition) is 8. The van der Waals surface area contributed by atoms with Crippen LogP contribution in [-0.2, 0) is 25.7 Å². The second-order valence-corrected chi connectivity index (χ2v) is 11.2. The number of hydrogen-bond donors (Lipinski definition) is 0. The molecule has 2 fully saturated rings. The van der Waals surface area contributed by atoms with Crippen molar-refractivity contribution in [3.8, 4) is 11.5 Å². The molecule has 0 radical (unpaired) electrons. The van der Waals surface area contributed by atoms with Crippen LogP contribution in [0.4, 0.5) is 0 Å². The van der Waals surface area contributed by atoms with Crippen LogP contribution < -0.4 is 9.47 Å². The summed E-state index contributed by atoms with van der Waals surface area (Å²) in [5.41, 5.74) is 0.516. The van der Waals surface area contributed by atoms with Crippen LogP contribution in [0.2, 0.25) is 0 Å². The Morgan fingerprint density at radius 2 is 1.83 bits per heavy atom. The number of piperazine rings is 1. The van der Waals surface area contributed by atoms with E-state index >= 15 is 0 Å². The molecule has 6 rings (SSSR count). The van der Waals surface area contributed by atoms with Gasteiger partial charge in [0.1, 0.15) is 5.41 Å². The number of furan rings is 1. The molecular weight excluding hydrogens is 542 g/mol.